The number of nitrogens with one attached hydrogen (secondary N) is 1. The summed E-state index contributed by atoms with van der Waals surface area (Å²) in [6.45, 7) is 3.04. The minimum Gasteiger partial charge on any atom is -0.381 e. The molecule has 2 fully saturated rings. The number of hydrogen-bond donors (Lipinski definition) is 2. The van der Waals surface area contributed by atoms with Crippen molar-refractivity contribution in [2.24, 2.45) is 5.73 Å². The van der Waals surface area contributed by atoms with E-state index in [9.17, 15) is 4.79 Å². The van der Waals surface area contributed by atoms with Gasteiger partial charge in [0.15, 0.2) is 0 Å². The van der Waals surface area contributed by atoms with Crippen LogP contribution in [0, 0.1) is 0 Å². The summed E-state index contributed by atoms with van der Waals surface area (Å²) in [4.78, 5) is 12.6. The van der Waals surface area contributed by atoms with Crippen molar-refractivity contribution in [2.75, 3.05) is 33.0 Å². The van der Waals surface area contributed by atoms with Gasteiger partial charge in [-0.25, -0.2) is 0 Å². The van der Waals surface area contributed by atoms with Crippen LogP contribution in [0.4, 0.5) is 0 Å². The molecular weight excluding hydrogens is 363 g/mol. The fraction of sp³-hybridized carbons (Fsp3) is 0.611. The van der Waals surface area contributed by atoms with Crippen molar-refractivity contribution in [1.82, 2.24) is 5.32 Å². The highest BCUT2D eigenvalue weighted by atomic mass is 35.5. The summed E-state index contributed by atoms with van der Waals surface area (Å²) in [5.74, 6) is -0.0781. The van der Waals surface area contributed by atoms with Crippen LogP contribution in [0.3, 0.4) is 0 Å². The Morgan fingerprint density at radius 1 is 1.04 bits per heavy atom. The van der Waals surface area contributed by atoms with Gasteiger partial charge in [0.2, 0.25) is 5.91 Å². The lowest BCUT2D eigenvalue weighted by atomic mass is 9.74. The number of amides is 1. The second kappa shape index (κ2) is 8.69. The summed E-state index contributed by atoms with van der Waals surface area (Å²) in [5, 5.41) is 3.82. The molecule has 140 valence electrons. The molecule has 0 bridgehead atoms. The van der Waals surface area contributed by atoms with Gasteiger partial charge >= 0.3 is 0 Å². The second-order valence-electron chi connectivity index (χ2n) is 6.85. The monoisotopic (exact) mass is 388 g/mol. The first-order chi connectivity index (χ1) is 11.5. The highest BCUT2D eigenvalue weighted by molar-refractivity contribution is 6.30. The number of nitrogens with two attached hydrogens (primary N) is 1. The molecule has 2 saturated heterocycles. The van der Waals surface area contributed by atoms with Crippen molar-refractivity contribution >= 4 is 29.9 Å². The van der Waals surface area contributed by atoms with E-state index in [0.717, 1.165) is 12.8 Å². The largest absolute Gasteiger partial charge is 0.381 e. The molecule has 1 amide bonds. The fourth-order valence-electron chi connectivity index (χ4n) is 3.52. The Labute approximate surface area is 160 Å². The molecule has 0 aromatic heterocycles. The Bertz CT molecular complexity index is 568. The molecule has 0 radical (unpaired) electrons. The Hall–Kier alpha value is -0.850. The minimum atomic E-state index is -0.815. The molecule has 5 nitrogen and oxygen atoms in total. The van der Waals surface area contributed by atoms with Crippen molar-refractivity contribution in [3.8, 4) is 0 Å². The lowest BCUT2D eigenvalue weighted by Gasteiger charge is -2.39. The third-order valence-electron chi connectivity index (χ3n) is 5.33. The SMILES string of the molecule is Cl.NC1(C(=O)NCC2(c3ccc(Cl)cc3)CCOCC2)CCOCC1. The van der Waals surface area contributed by atoms with E-state index in [1.54, 1.807) is 0 Å². The van der Waals surface area contributed by atoms with Crippen molar-refractivity contribution in [1.29, 1.82) is 0 Å². The smallest absolute Gasteiger partial charge is 0.240 e. The number of benzene rings is 1. The highest BCUT2D eigenvalue weighted by Gasteiger charge is 2.39. The summed E-state index contributed by atoms with van der Waals surface area (Å²) in [5.41, 5.74) is 6.53. The summed E-state index contributed by atoms with van der Waals surface area (Å²) in [6, 6.07) is 7.90. The fourth-order valence-corrected chi connectivity index (χ4v) is 3.65. The molecule has 2 aliphatic heterocycles. The maximum atomic E-state index is 12.6. The molecule has 7 heteroatoms. The van der Waals surface area contributed by atoms with E-state index in [1.807, 2.05) is 24.3 Å². The first kappa shape index (κ1) is 20.5. The number of carbonyl (C=O) groups excluding carboxylic acids is 1. The molecule has 0 aliphatic carbocycles. The molecule has 1 aromatic rings. The topological polar surface area (TPSA) is 73.6 Å². The molecule has 0 unspecified atom stereocenters. The lowest BCUT2D eigenvalue weighted by molar-refractivity contribution is -0.130. The van der Waals surface area contributed by atoms with Gasteiger partial charge in [-0.15, -0.1) is 12.4 Å². The molecule has 3 rings (SSSR count). The quantitative estimate of drug-likeness (QED) is 0.830. The molecule has 0 atom stereocenters. The van der Waals surface area contributed by atoms with Gasteiger partial charge < -0.3 is 20.5 Å². The van der Waals surface area contributed by atoms with E-state index in [0.29, 0.717) is 50.8 Å². The normalized spacial score (nSPS) is 21.8. The zero-order valence-electron chi connectivity index (χ0n) is 14.3. The maximum absolute atomic E-state index is 12.6. The van der Waals surface area contributed by atoms with Gasteiger partial charge in [-0.05, 0) is 43.4 Å². The zero-order chi connectivity index (χ0) is 17.0. The van der Waals surface area contributed by atoms with Gasteiger partial charge in [0.1, 0.15) is 0 Å². The Balaban J connectivity index is 0.00000225. The van der Waals surface area contributed by atoms with E-state index in [1.165, 1.54) is 5.56 Å². The van der Waals surface area contributed by atoms with Gasteiger partial charge in [0, 0.05) is 43.4 Å². The molecule has 2 aliphatic rings. The maximum Gasteiger partial charge on any atom is 0.240 e. The molecule has 25 heavy (non-hydrogen) atoms. The van der Waals surface area contributed by atoms with Crippen LogP contribution >= 0.6 is 24.0 Å². The van der Waals surface area contributed by atoms with Crippen LogP contribution < -0.4 is 11.1 Å². The number of ether oxygens (including phenoxy) is 2. The van der Waals surface area contributed by atoms with Crippen molar-refractivity contribution in [3.63, 3.8) is 0 Å². The summed E-state index contributed by atoms with van der Waals surface area (Å²) in [7, 11) is 0. The zero-order valence-corrected chi connectivity index (χ0v) is 15.8. The van der Waals surface area contributed by atoms with Crippen LogP contribution in [0.2, 0.25) is 5.02 Å². The predicted octanol–water partition coefficient (Wildman–Crippen LogP) is 2.43. The van der Waals surface area contributed by atoms with Gasteiger partial charge in [0.25, 0.3) is 0 Å². The van der Waals surface area contributed by atoms with Gasteiger partial charge in [-0.2, -0.15) is 0 Å². The Kier molecular flexibility index (Phi) is 7.11. The molecule has 1 aromatic carbocycles. The van der Waals surface area contributed by atoms with Crippen LogP contribution in [-0.4, -0.2) is 44.4 Å². The van der Waals surface area contributed by atoms with Crippen LogP contribution in [0.15, 0.2) is 24.3 Å². The van der Waals surface area contributed by atoms with E-state index in [4.69, 9.17) is 26.8 Å². The third-order valence-corrected chi connectivity index (χ3v) is 5.58. The molecular formula is C18H26Cl2N2O3. The standard InChI is InChI=1S/C18H25ClN2O3.ClH/c19-15-3-1-14(2-4-15)17(5-9-23-10-6-17)13-21-16(22)18(20)7-11-24-12-8-18;/h1-4H,5-13,20H2,(H,21,22);1H. The molecule has 3 N–H and O–H groups in total. The first-order valence-electron chi connectivity index (χ1n) is 8.53. The van der Waals surface area contributed by atoms with Gasteiger partial charge in [-0.1, -0.05) is 23.7 Å². The third kappa shape index (κ3) is 4.66. The van der Waals surface area contributed by atoms with Crippen molar-refractivity contribution in [3.05, 3.63) is 34.9 Å². The van der Waals surface area contributed by atoms with E-state index in [2.05, 4.69) is 5.32 Å². The Morgan fingerprint density at radius 3 is 2.12 bits per heavy atom. The second-order valence-corrected chi connectivity index (χ2v) is 7.29. The number of rotatable bonds is 4. The lowest BCUT2D eigenvalue weighted by Crippen LogP contribution is -2.59. The number of halogens is 2. The summed E-state index contributed by atoms with van der Waals surface area (Å²) in [6.07, 6.45) is 2.87. The number of hydrogen-bond acceptors (Lipinski definition) is 4. The summed E-state index contributed by atoms with van der Waals surface area (Å²) >= 11 is 6.02. The van der Waals surface area contributed by atoms with Crippen LogP contribution in [0.1, 0.15) is 31.2 Å². The van der Waals surface area contributed by atoms with E-state index in [-0.39, 0.29) is 23.7 Å². The predicted molar refractivity (Wildman–Crippen MR) is 100 cm³/mol. The average Bonchev–Trinajstić information content (AvgIpc) is 2.61. The highest BCUT2D eigenvalue weighted by Crippen LogP contribution is 2.35. The molecule has 0 saturated carbocycles. The van der Waals surface area contributed by atoms with Crippen LogP contribution in [0.5, 0.6) is 0 Å². The van der Waals surface area contributed by atoms with E-state index >= 15 is 0 Å². The Morgan fingerprint density at radius 2 is 1.56 bits per heavy atom. The van der Waals surface area contributed by atoms with Gasteiger partial charge in [-0.3, -0.25) is 4.79 Å². The van der Waals surface area contributed by atoms with Crippen molar-refractivity contribution in [2.45, 2.75) is 36.6 Å². The molecule has 2 heterocycles. The first-order valence-corrected chi connectivity index (χ1v) is 8.91. The summed E-state index contributed by atoms with van der Waals surface area (Å²) < 4.78 is 10.9. The number of carbonyl (C=O) groups is 1. The molecule has 0 spiro atoms. The van der Waals surface area contributed by atoms with E-state index < -0.39 is 5.54 Å². The van der Waals surface area contributed by atoms with Crippen LogP contribution in [0.25, 0.3) is 0 Å². The van der Waals surface area contributed by atoms with Gasteiger partial charge in [0.05, 0.1) is 5.54 Å². The average molecular weight is 389 g/mol. The minimum absolute atomic E-state index is 0. The van der Waals surface area contributed by atoms with Crippen molar-refractivity contribution < 1.29 is 14.3 Å². The van der Waals surface area contributed by atoms with Crippen LogP contribution in [-0.2, 0) is 19.7 Å².